The van der Waals surface area contributed by atoms with E-state index in [1.54, 1.807) is 4.90 Å². The van der Waals surface area contributed by atoms with E-state index in [2.05, 4.69) is 26.5 Å². The van der Waals surface area contributed by atoms with Crippen LogP contribution in [0.1, 0.15) is 48.4 Å². The predicted octanol–water partition coefficient (Wildman–Crippen LogP) is -0.0139. The quantitative estimate of drug-likeness (QED) is 0.342. The fourth-order valence-corrected chi connectivity index (χ4v) is 6.06. The smallest absolute Gasteiger partial charge is 0.243 e. The van der Waals surface area contributed by atoms with Crippen molar-refractivity contribution in [3.8, 4) is 0 Å². The molecule has 0 saturated carbocycles. The number of nitrogens with zero attached hydrogens (tertiary/aromatic N) is 3. The summed E-state index contributed by atoms with van der Waals surface area (Å²) >= 11 is 0. The number of benzene rings is 1. The van der Waals surface area contributed by atoms with Gasteiger partial charge in [-0.25, -0.2) is 0 Å². The number of fused-ring (bicyclic) bond motifs is 1. The lowest BCUT2D eigenvalue weighted by molar-refractivity contribution is -0.141. The zero-order chi connectivity index (χ0) is 23.7. The molecule has 4 aliphatic heterocycles. The molecule has 2 amide bonds. The lowest BCUT2D eigenvalue weighted by atomic mass is 9.97. The molecule has 3 fully saturated rings. The van der Waals surface area contributed by atoms with Gasteiger partial charge in [-0.2, -0.15) is 0 Å². The van der Waals surface area contributed by atoms with Gasteiger partial charge in [0.25, 0.3) is 0 Å². The normalized spacial score (nSPS) is 29.0. The summed E-state index contributed by atoms with van der Waals surface area (Å²) < 4.78 is 0. The molecule has 4 heterocycles. The summed E-state index contributed by atoms with van der Waals surface area (Å²) in [6.45, 7) is 7.62. The van der Waals surface area contributed by atoms with E-state index in [-0.39, 0.29) is 18.2 Å². The average Bonchev–Trinajstić information content (AvgIpc) is 3.22. The van der Waals surface area contributed by atoms with Gasteiger partial charge in [0.15, 0.2) is 6.29 Å². The third kappa shape index (κ3) is 4.70. The Bertz CT molecular complexity index is 976. The standard InChI is InChI=1S/C25H33N5O4/c31-16-22(32)24-20-12-17(13-28-9-1-2-19(15-28)29-10-7-26-8-11-29)3-4-18(20)14-30(24)21-5-6-23(33)27-25(21)34/h3-4,12,16,19,21,24,26H,1-2,5-11,13-15H2,(H,27,33,34). The van der Waals surface area contributed by atoms with Crippen LogP contribution in [0.15, 0.2) is 18.2 Å². The highest BCUT2D eigenvalue weighted by Crippen LogP contribution is 2.38. The van der Waals surface area contributed by atoms with Crippen LogP contribution in [0.25, 0.3) is 0 Å². The van der Waals surface area contributed by atoms with Crippen LogP contribution in [-0.2, 0) is 32.3 Å². The molecule has 0 aliphatic carbocycles. The fourth-order valence-electron chi connectivity index (χ4n) is 6.06. The Kier molecular flexibility index (Phi) is 6.87. The zero-order valence-electron chi connectivity index (χ0n) is 19.5. The lowest BCUT2D eigenvalue weighted by Crippen LogP contribution is -2.53. The summed E-state index contributed by atoms with van der Waals surface area (Å²) in [6.07, 6.45) is 3.36. The van der Waals surface area contributed by atoms with Crippen molar-refractivity contribution in [2.24, 2.45) is 0 Å². The summed E-state index contributed by atoms with van der Waals surface area (Å²) in [4.78, 5) is 55.2. The van der Waals surface area contributed by atoms with Crippen LogP contribution < -0.4 is 10.6 Å². The number of piperidine rings is 2. The van der Waals surface area contributed by atoms with Crippen molar-refractivity contribution in [1.29, 1.82) is 0 Å². The van der Waals surface area contributed by atoms with E-state index in [9.17, 15) is 19.2 Å². The molecule has 1 aromatic rings. The first kappa shape index (κ1) is 23.3. The van der Waals surface area contributed by atoms with E-state index in [4.69, 9.17) is 0 Å². The molecule has 34 heavy (non-hydrogen) atoms. The highest BCUT2D eigenvalue weighted by atomic mass is 16.2. The Morgan fingerprint density at radius 3 is 2.71 bits per heavy atom. The number of carbonyl (C=O) groups excluding carboxylic acids is 4. The fraction of sp³-hybridized carbons (Fsp3) is 0.600. The van der Waals surface area contributed by atoms with E-state index >= 15 is 0 Å². The minimum atomic E-state index is -0.772. The SMILES string of the molecule is O=CC(=O)C1c2cc(CN3CCCC(N4CCNCC4)C3)ccc2CN1C1CCC(=O)NC1=O. The zero-order valence-corrected chi connectivity index (χ0v) is 19.5. The van der Waals surface area contributed by atoms with Crippen molar-refractivity contribution >= 4 is 23.9 Å². The molecule has 3 atom stereocenters. The molecule has 3 unspecified atom stereocenters. The minimum Gasteiger partial charge on any atom is -0.314 e. The van der Waals surface area contributed by atoms with Gasteiger partial charge in [0, 0.05) is 58.3 Å². The van der Waals surface area contributed by atoms with Crippen LogP contribution in [0.4, 0.5) is 0 Å². The topological polar surface area (TPSA) is 102 Å². The van der Waals surface area contributed by atoms with E-state index in [0.717, 1.165) is 62.5 Å². The summed E-state index contributed by atoms with van der Waals surface area (Å²) in [6, 6.07) is 5.39. The number of imide groups is 1. The highest BCUT2D eigenvalue weighted by molar-refractivity contribution is 6.27. The first-order valence-electron chi connectivity index (χ1n) is 12.4. The van der Waals surface area contributed by atoms with E-state index in [1.165, 1.54) is 12.8 Å². The maximum atomic E-state index is 12.7. The van der Waals surface area contributed by atoms with Crippen molar-refractivity contribution in [2.45, 2.75) is 56.9 Å². The van der Waals surface area contributed by atoms with Gasteiger partial charge in [-0.15, -0.1) is 0 Å². The first-order valence-corrected chi connectivity index (χ1v) is 12.4. The Labute approximate surface area is 199 Å². The summed E-state index contributed by atoms with van der Waals surface area (Å²) in [5, 5.41) is 5.80. The molecule has 3 saturated heterocycles. The largest absolute Gasteiger partial charge is 0.314 e. The maximum Gasteiger partial charge on any atom is 0.243 e. The Morgan fingerprint density at radius 2 is 1.94 bits per heavy atom. The second kappa shape index (κ2) is 10.0. The van der Waals surface area contributed by atoms with Gasteiger partial charge in [0.1, 0.15) is 6.04 Å². The number of hydrogen-bond acceptors (Lipinski definition) is 8. The van der Waals surface area contributed by atoms with Gasteiger partial charge in [0.2, 0.25) is 17.6 Å². The Hall–Kier alpha value is -2.46. The second-order valence-corrected chi connectivity index (χ2v) is 9.91. The van der Waals surface area contributed by atoms with Crippen molar-refractivity contribution in [1.82, 2.24) is 25.3 Å². The van der Waals surface area contributed by atoms with Gasteiger partial charge in [0.05, 0.1) is 6.04 Å². The van der Waals surface area contributed by atoms with Gasteiger partial charge in [-0.1, -0.05) is 18.2 Å². The monoisotopic (exact) mass is 467 g/mol. The van der Waals surface area contributed by atoms with Crippen LogP contribution in [0, 0.1) is 0 Å². The maximum absolute atomic E-state index is 12.7. The number of carbonyl (C=O) groups is 4. The molecular formula is C25H33N5O4. The number of piperazine rings is 1. The molecule has 1 aromatic carbocycles. The summed E-state index contributed by atoms with van der Waals surface area (Å²) in [5.74, 6) is -1.23. The molecule has 2 N–H and O–H groups in total. The number of nitrogens with one attached hydrogen (secondary N) is 2. The minimum absolute atomic E-state index is 0.236. The Morgan fingerprint density at radius 1 is 1.12 bits per heavy atom. The molecule has 5 rings (SSSR count). The number of rotatable bonds is 6. The van der Waals surface area contributed by atoms with Crippen LogP contribution in [0.2, 0.25) is 0 Å². The molecule has 9 heteroatoms. The van der Waals surface area contributed by atoms with Crippen LogP contribution in [0.5, 0.6) is 0 Å². The predicted molar refractivity (Wildman–Crippen MR) is 125 cm³/mol. The summed E-state index contributed by atoms with van der Waals surface area (Å²) in [5.41, 5.74) is 2.90. The average molecular weight is 468 g/mol. The van der Waals surface area contributed by atoms with E-state index < -0.39 is 17.9 Å². The van der Waals surface area contributed by atoms with E-state index in [1.807, 2.05) is 12.1 Å². The Balaban J connectivity index is 1.32. The van der Waals surface area contributed by atoms with Gasteiger partial charge in [-0.3, -0.25) is 39.2 Å². The van der Waals surface area contributed by atoms with Crippen molar-refractivity contribution in [3.63, 3.8) is 0 Å². The van der Waals surface area contributed by atoms with Gasteiger partial charge in [-0.05, 0) is 42.5 Å². The first-order chi connectivity index (χ1) is 16.5. The molecule has 0 radical (unpaired) electrons. The van der Waals surface area contributed by atoms with Crippen LogP contribution in [-0.4, -0.2) is 89.9 Å². The van der Waals surface area contributed by atoms with Crippen molar-refractivity contribution < 1.29 is 19.2 Å². The molecule has 0 aromatic heterocycles. The van der Waals surface area contributed by atoms with Crippen LogP contribution in [0.3, 0.4) is 0 Å². The number of hydrogen-bond donors (Lipinski definition) is 2. The van der Waals surface area contributed by atoms with Gasteiger partial charge >= 0.3 is 0 Å². The molecule has 0 spiro atoms. The number of Topliss-reactive ketones (excluding diaryl/α,β-unsaturated/α-hetero) is 1. The molecule has 9 nitrogen and oxygen atoms in total. The molecule has 0 bridgehead atoms. The van der Waals surface area contributed by atoms with Crippen molar-refractivity contribution in [2.75, 3.05) is 39.3 Å². The van der Waals surface area contributed by atoms with Crippen LogP contribution >= 0.6 is 0 Å². The molecule has 182 valence electrons. The number of aldehydes is 1. The highest BCUT2D eigenvalue weighted by Gasteiger charge is 2.43. The summed E-state index contributed by atoms with van der Waals surface area (Å²) in [7, 11) is 0. The number of amides is 2. The van der Waals surface area contributed by atoms with Crippen molar-refractivity contribution in [3.05, 3.63) is 34.9 Å². The molecular weight excluding hydrogens is 434 g/mol. The third-order valence-corrected chi connectivity index (χ3v) is 7.74. The number of ketones is 1. The second-order valence-electron chi connectivity index (χ2n) is 9.91. The number of likely N-dealkylation sites (tertiary alicyclic amines) is 1. The third-order valence-electron chi connectivity index (χ3n) is 7.74. The van der Waals surface area contributed by atoms with E-state index in [0.29, 0.717) is 25.3 Å². The van der Waals surface area contributed by atoms with Gasteiger partial charge < -0.3 is 5.32 Å². The molecule has 4 aliphatic rings. The lowest BCUT2D eigenvalue weighted by Gasteiger charge is -2.41.